The predicted molar refractivity (Wildman–Crippen MR) is 83.9 cm³/mol. The zero-order valence-corrected chi connectivity index (χ0v) is 12.5. The average molecular weight is 286 g/mol. The second-order valence-electron chi connectivity index (χ2n) is 6.36. The largest absolute Gasteiger partial charge is 0.497 e. The van der Waals surface area contributed by atoms with Crippen LogP contribution in [0, 0.1) is 5.92 Å². The van der Waals surface area contributed by atoms with E-state index in [1.807, 2.05) is 12.1 Å². The Morgan fingerprint density at radius 1 is 1.24 bits per heavy atom. The highest BCUT2D eigenvalue weighted by Gasteiger charge is 2.54. The molecule has 5 heteroatoms. The maximum absolute atomic E-state index is 6.25. The topological polar surface area (TPSA) is 54.1 Å². The number of anilines is 1. The van der Waals surface area contributed by atoms with Crippen LogP contribution < -0.4 is 15.4 Å². The third kappa shape index (κ3) is 1.83. The van der Waals surface area contributed by atoms with Crippen molar-refractivity contribution in [2.24, 2.45) is 16.6 Å². The van der Waals surface area contributed by atoms with Gasteiger partial charge < -0.3 is 20.3 Å². The van der Waals surface area contributed by atoms with Crippen molar-refractivity contribution >= 4 is 11.6 Å². The number of piperidine rings is 3. The molecule has 1 aromatic rings. The van der Waals surface area contributed by atoms with E-state index in [4.69, 9.17) is 10.5 Å². The molecule has 0 aliphatic carbocycles. The summed E-state index contributed by atoms with van der Waals surface area (Å²) < 4.78 is 5.26. The number of hydrogen-bond donors (Lipinski definition) is 1. The van der Waals surface area contributed by atoms with Gasteiger partial charge in [0.2, 0.25) is 0 Å². The van der Waals surface area contributed by atoms with E-state index >= 15 is 0 Å². The standard InChI is InChI=1S/C16H22N4O/c1-21-14-4-2-13(3-5-14)20-15(17)18-10-16(20)11-19-8-6-12(16)7-9-19/h2-5,12H,6-11H2,1H3,(H2,17,18). The first-order valence-corrected chi connectivity index (χ1v) is 7.69. The van der Waals surface area contributed by atoms with E-state index in [-0.39, 0.29) is 5.54 Å². The Balaban J connectivity index is 1.72. The van der Waals surface area contributed by atoms with Gasteiger partial charge >= 0.3 is 0 Å². The van der Waals surface area contributed by atoms with Crippen LogP contribution in [0.15, 0.2) is 29.3 Å². The van der Waals surface area contributed by atoms with Gasteiger partial charge in [-0.15, -0.1) is 0 Å². The lowest BCUT2D eigenvalue weighted by molar-refractivity contribution is 0.0391. The number of methoxy groups -OCH3 is 1. The van der Waals surface area contributed by atoms with Crippen molar-refractivity contribution in [1.29, 1.82) is 0 Å². The first kappa shape index (κ1) is 13.0. The molecule has 112 valence electrons. The molecule has 0 saturated carbocycles. The molecule has 1 spiro atoms. The van der Waals surface area contributed by atoms with Gasteiger partial charge in [-0.05, 0) is 56.1 Å². The van der Waals surface area contributed by atoms with Crippen molar-refractivity contribution in [2.75, 3.05) is 38.2 Å². The molecule has 1 atom stereocenters. The van der Waals surface area contributed by atoms with Crippen LogP contribution in [0.1, 0.15) is 12.8 Å². The van der Waals surface area contributed by atoms with Crippen LogP contribution in [-0.2, 0) is 0 Å². The maximum Gasteiger partial charge on any atom is 0.196 e. The summed E-state index contributed by atoms with van der Waals surface area (Å²) in [6.45, 7) is 4.35. The molecule has 4 heterocycles. The van der Waals surface area contributed by atoms with Crippen LogP contribution in [0.4, 0.5) is 5.69 Å². The van der Waals surface area contributed by atoms with Crippen LogP contribution in [0.2, 0.25) is 0 Å². The monoisotopic (exact) mass is 286 g/mol. The summed E-state index contributed by atoms with van der Waals surface area (Å²) >= 11 is 0. The summed E-state index contributed by atoms with van der Waals surface area (Å²) in [4.78, 5) is 9.44. The summed E-state index contributed by atoms with van der Waals surface area (Å²) in [5.74, 6) is 2.22. The number of aliphatic imine (C=N–C) groups is 1. The van der Waals surface area contributed by atoms with Crippen molar-refractivity contribution in [2.45, 2.75) is 18.4 Å². The third-order valence-electron chi connectivity index (χ3n) is 5.36. The Labute approximate surface area is 125 Å². The second-order valence-corrected chi connectivity index (χ2v) is 6.36. The molecule has 1 aromatic carbocycles. The normalized spacial score (nSPS) is 34.3. The smallest absolute Gasteiger partial charge is 0.196 e. The van der Waals surface area contributed by atoms with E-state index in [9.17, 15) is 0 Å². The van der Waals surface area contributed by atoms with Crippen LogP contribution in [0.3, 0.4) is 0 Å². The maximum atomic E-state index is 6.25. The van der Waals surface area contributed by atoms with Crippen molar-refractivity contribution < 1.29 is 4.74 Å². The van der Waals surface area contributed by atoms with Crippen molar-refractivity contribution in [3.05, 3.63) is 24.3 Å². The molecular weight excluding hydrogens is 264 g/mol. The fourth-order valence-corrected chi connectivity index (χ4v) is 4.29. The Morgan fingerprint density at radius 3 is 2.52 bits per heavy atom. The molecule has 0 aromatic heterocycles. The van der Waals surface area contributed by atoms with Crippen molar-refractivity contribution in [1.82, 2.24) is 4.90 Å². The van der Waals surface area contributed by atoms with E-state index in [0.29, 0.717) is 11.9 Å². The first-order valence-electron chi connectivity index (χ1n) is 7.69. The molecule has 0 amide bonds. The van der Waals surface area contributed by atoms with E-state index < -0.39 is 0 Å². The number of fused-ring (bicyclic) bond motifs is 2. The molecule has 1 unspecified atom stereocenters. The average Bonchev–Trinajstić information content (AvgIpc) is 2.85. The van der Waals surface area contributed by atoms with Gasteiger partial charge in [0, 0.05) is 12.2 Å². The van der Waals surface area contributed by atoms with Crippen molar-refractivity contribution in [3.8, 4) is 5.75 Å². The molecule has 5 rings (SSSR count). The lowest BCUT2D eigenvalue weighted by Gasteiger charge is -2.55. The molecule has 2 N–H and O–H groups in total. The zero-order chi connectivity index (χ0) is 14.4. The van der Waals surface area contributed by atoms with E-state index in [2.05, 4.69) is 26.9 Å². The van der Waals surface area contributed by atoms with Crippen LogP contribution in [0.5, 0.6) is 5.75 Å². The second kappa shape index (κ2) is 4.63. The number of ether oxygens (including phenoxy) is 1. The number of nitrogens with two attached hydrogens (primary N) is 1. The summed E-state index contributed by atoms with van der Waals surface area (Å²) in [5, 5.41) is 0. The quantitative estimate of drug-likeness (QED) is 0.890. The minimum Gasteiger partial charge on any atom is -0.497 e. The summed E-state index contributed by atoms with van der Waals surface area (Å²) in [6.07, 6.45) is 2.52. The highest BCUT2D eigenvalue weighted by Crippen LogP contribution is 2.44. The van der Waals surface area contributed by atoms with Gasteiger partial charge in [-0.3, -0.25) is 4.99 Å². The zero-order valence-electron chi connectivity index (χ0n) is 12.5. The molecule has 0 radical (unpaired) electrons. The van der Waals surface area contributed by atoms with E-state index in [0.717, 1.165) is 24.5 Å². The third-order valence-corrected chi connectivity index (χ3v) is 5.36. The fraction of sp³-hybridized carbons (Fsp3) is 0.562. The number of nitrogens with zero attached hydrogens (tertiary/aromatic N) is 3. The number of benzene rings is 1. The van der Waals surface area contributed by atoms with E-state index in [1.165, 1.54) is 25.9 Å². The Morgan fingerprint density at radius 2 is 1.95 bits per heavy atom. The lowest BCUT2D eigenvalue weighted by atomic mass is 9.72. The molecule has 4 aliphatic rings. The molecule has 4 aliphatic heterocycles. The van der Waals surface area contributed by atoms with Crippen LogP contribution in [-0.4, -0.2) is 49.7 Å². The van der Waals surface area contributed by atoms with Gasteiger partial charge in [0.15, 0.2) is 5.96 Å². The SMILES string of the molecule is COc1ccc(N2C(N)=NCC23CN2CCC3CC2)cc1. The fourth-order valence-electron chi connectivity index (χ4n) is 4.29. The van der Waals surface area contributed by atoms with Gasteiger partial charge in [0.05, 0.1) is 19.2 Å². The Kier molecular flexibility index (Phi) is 2.85. The van der Waals surface area contributed by atoms with Gasteiger partial charge in [-0.2, -0.15) is 0 Å². The van der Waals surface area contributed by atoms with Gasteiger partial charge in [-0.25, -0.2) is 0 Å². The molecule has 21 heavy (non-hydrogen) atoms. The Bertz CT molecular complexity index is 562. The van der Waals surface area contributed by atoms with E-state index in [1.54, 1.807) is 7.11 Å². The van der Waals surface area contributed by atoms with Gasteiger partial charge in [0.25, 0.3) is 0 Å². The molecule has 3 saturated heterocycles. The molecule has 2 bridgehead atoms. The summed E-state index contributed by atoms with van der Waals surface area (Å²) in [6, 6.07) is 8.17. The highest BCUT2D eigenvalue weighted by atomic mass is 16.5. The molecule has 3 fully saturated rings. The predicted octanol–water partition coefficient (Wildman–Crippen LogP) is 1.29. The summed E-state index contributed by atoms with van der Waals surface area (Å²) in [5.41, 5.74) is 7.44. The lowest BCUT2D eigenvalue weighted by Crippen LogP contribution is -2.68. The molecular formula is C16H22N4O. The van der Waals surface area contributed by atoms with Crippen LogP contribution >= 0.6 is 0 Å². The number of guanidine groups is 1. The minimum absolute atomic E-state index is 0.0647. The Hall–Kier alpha value is -1.75. The van der Waals surface area contributed by atoms with Crippen molar-refractivity contribution in [3.63, 3.8) is 0 Å². The highest BCUT2D eigenvalue weighted by molar-refractivity contribution is 5.98. The number of hydrogen-bond acceptors (Lipinski definition) is 5. The van der Waals surface area contributed by atoms with Gasteiger partial charge in [-0.1, -0.05) is 0 Å². The minimum atomic E-state index is 0.0647. The summed E-state index contributed by atoms with van der Waals surface area (Å²) in [7, 11) is 1.69. The van der Waals surface area contributed by atoms with Crippen LogP contribution in [0.25, 0.3) is 0 Å². The first-order chi connectivity index (χ1) is 10.2. The van der Waals surface area contributed by atoms with Gasteiger partial charge in [0.1, 0.15) is 5.75 Å². The molecule has 5 nitrogen and oxygen atoms in total. The number of rotatable bonds is 2.